The normalized spacial score (nSPS) is 25.0. The van der Waals surface area contributed by atoms with Crippen LogP contribution in [-0.2, 0) is 19.6 Å². The molecule has 1 N–H and O–H groups in total. The van der Waals surface area contributed by atoms with Crippen LogP contribution in [-0.4, -0.2) is 74.6 Å². The lowest BCUT2D eigenvalue weighted by molar-refractivity contribution is -0.146. The SMILES string of the molecule is CC1CN(C(C(=O)N2CCC(NS(=O)(=O)c3ccc(F)cc3)CC2)C(C)C)CC(C)O1. The number of hydrogen-bond donors (Lipinski definition) is 1. The van der Waals surface area contributed by atoms with Gasteiger partial charge in [0.2, 0.25) is 15.9 Å². The molecular formula is C22H34FN3O4S. The van der Waals surface area contributed by atoms with E-state index in [0.29, 0.717) is 25.9 Å². The number of carbonyl (C=O) groups excluding carboxylic acids is 1. The van der Waals surface area contributed by atoms with Crippen LogP contribution in [0.4, 0.5) is 4.39 Å². The molecule has 2 aliphatic rings. The summed E-state index contributed by atoms with van der Waals surface area (Å²) in [4.78, 5) is 17.5. The average molecular weight is 456 g/mol. The van der Waals surface area contributed by atoms with Crippen LogP contribution >= 0.6 is 0 Å². The third-order valence-electron chi connectivity index (χ3n) is 5.98. The number of morpholine rings is 1. The minimum Gasteiger partial charge on any atom is -0.373 e. The molecule has 2 aliphatic heterocycles. The summed E-state index contributed by atoms with van der Waals surface area (Å²) in [6.45, 7) is 10.7. The molecule has 0 saturated carbocycles. The highest BCUT2D eigenvalue weighted by atomic mass is 32.2. The largest absolute Gasteiger partial charge is 0.373 e. The first-order valence-corrected chi connectivity index (χ1v) is 12.5. The van der Waals surface area contributed by atoms with E-state index in [-0.39, 0.29) is 41.0 Å². The summed E-state index contributed by atoms with van der Waals surface area (Å²) in [6.07, 6.45) is 1.27. The van der Waals surface area contributed by atoms with Gasteiger partial charge in [0.05, 0.1) is 23.1 Å². The van der Waals surface area contributed by atoms with Crippen molar-refractivity contribution < 1.29 is 22.3 Å². The van der Waals surface area contributed by atoms with Gasteiger partial charge in [-0.1, -0.05) is 13.8 Å². The highest BCUT2D eigenvalue weighted by Crippen LogP contribution is 2.23. The van der Waals surface area contributed by atoms with Gasteiger partial charge in [0.25, 0.3) is 0 Å². The number of benzene rings is 1. The first-order valence-electron chi connectivity index (χ1n) is 11.0. The van der Waals surface area contributed by atoms with Crippen LogP contribution < -0.4 is 4.72 Å². The minimum atomic E-state index is -3.72. The summed E-state index contributed by atoms with van der Waals surface area (Å²) >= 11 is 0. The number of piperidine rings is 1. The molecule has 3 unspecified atom stereocenters. The first-order chi connectivity index (χ1) is 14.6. The van der Waals surface area contributed by atoms with Gasteiger partial charge in [-0.15, -0.1) is 0 Å². The van der Waals surface area contributed by atoms with Crippen molar-refractivity contribution in [2.24, 2.45) is 5.92 Å². The first kappa shape index (κ1) is 24.1. The maximum absolute atomic E-state index is 13.4. The summed E-state index contributed by atoms with van der Waals surface area (Å²) < 4.78 is 46.7. The Bertz CT molecular complexity index is 844. The molecule has 0 aliphatic carbocycles. The zero-order chi connectivity index (χ0) is 22.8. The number of likely N-dealkylation sites (tertiary alicyclic amines) is 1. The van der Waals surface area contributed by atoms with Crippen LogP contribution in [0.2, 0.25) is 0 Å². The molecule has 0 bridgehead atoms. The molecule has 7 nitrogen and oxygen atoms in total. The quantitative estimate of drug-likeness (QED) is 0.712. The Morgan fingerprint density at radius 2 is 1.65 bits per heavy atom. The van der Waals surface area contributed by atoms with Crippen molar-refractivity contribution in [2.45, 2.75) is 69.7 Å². The molecule has 2 heterocycles. The summed E-state index contributed by atoms with van der Waals surface area (Å²) in [5.41, 5.74) is 0. The van der Waals surface area contributed by atoms with Gasteiger partial charge in [-0.25, -0.2) is 17.5 Å². The van der Waals surface area contributed by atoms with Crippen molar-refractivity contribution >= 4 is 15.9 Å². The molecule has 0 radical (unpaired) electrons. The van der Waals surface area contributed by atoms with Crippen LogP contribution in [0.15, 0.2) is 29.2 Å². The van der Waals surface area contributed by atoms with Crippen LogP contribution in [0.3, 0.4) is 0 Å². The molecule has 3 atom stereocenters. The molecule has 1 aromatic carbocycles. The zero-order valence-corrected chi connectivity index (χ0v) is 19.6. The number of ether oxygens (including phenoxy) is 1. The summed E-state index contributed by atoms with van der Waals surface area (Å²) in [5.74, 6) is -0.203. The van der Waals surface area contributed by atoms with Crippen molar-refractivity contribution in [1.29, 1.82) is 0 Å². The molecule has 9 heteroatoms. The van der Waals surface area contributed by atoms with Gasteiger partial charge < -0.3 is 9.64 Å². The van der Waals surface area contributed by atoms with Crippen LogP contribution in [0, 0.1) is 11.7 Å². The van der Waals surface area contributed by atoms with Gasteiger partial charge in [-0.2, -0.15) is 0 Å². The fraction of sp³-hybridized carbons (Fsp3) is 0.682. The predicted octanol–water partition coefficient (Wildman–Crippen LogP) is 2.23. The van der Waals surface area contributed by atoms with Crippen molar-refractivity contribution in [3.05, 3.63) is 30.1 Å². The van der Waals surface area contributed by atoms with E-state index >= 15 is 0 Å². The standard InChI is InChI=1S/C22H34FN3O4S/c1-15(2)21(26-13-16(3)30-17(4)14-26)22(27)25-11-9-19(10-12-25)24-31(28,29)20-7-5-18(23)6-8-20/h5-8,15-17,19,21,24H,9-14H2,1-4H3. The van der Waals surface area contributed by atoms with Crippen molar-refractivity contribution in [3.63, 3.8) is 0 Å². The van der Waals surface area contributed by atoms with Gasteiger partial charge in [-0.05, 0) is 56.9 Å². The van der Waals surface area contributed by atoms with E-state index in [0.717, 1.165) is 25.2 Å². The molecule has 1 amide bonds. The second-order valence-electron chi connectivity index (χ2n) is 9.07. The Morgan fingerprint density at radius 1 is 1.10 bits per heavy atom. The van der Waals surface area contributed by atoms with E-state index in [1.807, 2.05) is 18.7 Å². The molecule has 2 saturated heterocycles. The topological polar surface area (TPSA) is 79.0 Å². The van der Waals surface area contributed by atoms with E-state index in [1.54, 1.807) is 0 Å². The fourth-order valence-electron chi connectivity index (χ4n) is 4.61. The molecule has 174 valence electrons. The average Bonchev–Trinajstić information content (AvgIpc) is 2.67. The van der Waals surface area contributed by atoms with Crippen molar-refractivity contribution in [3.8, 4) is 0 Å². The highest BCUT2D eigenvalue weighted by molar-refractivity contribution is 7.89. The number of sulfonamides is 1. The van der Waals surface area contributed by atoms with E-state index in [2.05, 4.69) is 23.5 Å². The van der Waals surface area contributed by atoms with Crippen LogP contribution in [0.25, 0.3) is 0 Å². The van der Waals surface area contributed by atoms with Crippen LogP contribution in [0.1, 0.15) is 40.5 Å². The van der Waals surface area contributed by atoms with E-state index in [9.17, 15) is 17.6 Å². The van der Waals surface area contributed by atoms with E-state index < -0.39 is 15.8 Å². The van der Waals surface area contributed by atoms with E-state index in [1.165, 1.54) is 12.1 Å². The zero-order valence-electron chi connectivity index (χ0n) is 18.8. The maximum Gasteiger partial charge on any atom is 0.240 e. The lowest BCUT2D eigenvalue weighted by Crippen LogP contribution is -2.59. The molecular weight excluding hydrogens is 421 g/mol. The van der Waals surface area contributed by atoms with Gasteiger partial charge in [0.15, 0.2) is 0 Å². The second-order valence-corrected chi connectivity index (χ2v) is 10.8. The molecule has 1 aromatic rings. The number of nitrogens with one attached hydrogen (secondary N) is 1. The van der Waals surface area contributed by atoms with Gasteiger partial charge in [-0.3, -0.25) is 9.69 Å². The van der Waals surface area contributed by atoms with Gasteiger partial charge in [0, 0.05) is 32.2 Å². The predicted molar refractivity (Wildman–Crippen MR) is 117 cm³/mol. The Balaban J connectivity index is 1.60. The van der Waals surface area contributed by atoms with E-state index in [4.69, 9.17) is 4.74 Å². The molecule has 3 rings (SSSR count). The number of carbonyl (C=O) groups is 1. The number of hydrogen-bond acceptors (Lipinski definition) is 5. The highest BCUT2D eigenvalue weighted by Gasteiger charge is 2.37. The Kier molecular flexibility index (Phi) is 7.72. The van der Waals surface area contributed by atoms with Crippen LogP contribution in [0.5, 0.6) is 0 Å². The number of nitrogens with zero attached hydrogens (tertiary/aromatic N) is 2. The van der Waals surface area contributed by atoms with Gasteiger partial charge in [0.1, 0.15) is 5.82 Å². The minimum absolute atomic E-state index is 0.0443. The number of rotatable bonds is 6. The smallest absolute Gasteiger partial charge is 0.240 e. The summed E-state index contributed by atoms with van der Waals surface area (Å²) in [7, 11) is -3.72. The van der Waals surface area contributed by atoms with Gasteiger partial charge >= 0.3 is 0 Å². The lowest BCUT2D eigenvalue weighted by atomic mass is 9.97. The fourth-order valence-corrected chi connectivity index (χ4v) is 5.92. The molecule has 0 spiro atoms. The Labute approximate surface area is 185 Å². The molecule has 0 aromatic heterocycles. The second kappa shape index (κ2) is 9.94. The van der Waals surface area contributed by atoms with Crippen molar-refractivity contribution in [2.75, 3.05) is 26.2 Å². The molecule has 31 heavy (non-hydrogen) atoms. The summed E-state index contributed by atoms with van der Waals surface area (Å²) in [5, 5.41) is 0. The lowest BCUT2D eigenvalue weighted by Gasteiger charge is -2.43. The Morgan fingerprint density at radius 3 is 2.16 bits per heavy atom. The molecule has 2 fully saturated rings. The number of amides is 1. The maximum atomic E-state index is 13.4. The Hall–Kier alpha value is -1.55. The third kappa shape index (κ3) is 6.03. The third-order valence-corrected chi connectivity index (χ3v) is 7.51. The monoisotopic (exact) mass is 455 g/mol. The summed E-state index contributed by atoms with van der Waals surface area (Å²) in [6, 6.07) is 4.33. The van der Waals surface area contributed by atoms with Crippen molar-refractivity contribution in [1.82, 2.24) is 14.5 Å². The number of halogens is 1.